The lowest BCUT2D eigenvalue weighted by molar-refractivity contribution is 0.0534. The number of nitrogens with one attached hydrogen (secondary N) is 1. The third-order valence-electron chi connectivity index (χ3n) is 2.18. The molecule has 1 heterocycles. The summed E-state index contributed by atoms with van der Waals surface area (Å²) >= 11 is 0. The zero-order valence-corrected chi connectivity index (χ0v) is 12.3. The summed E-state index contributed by atoms with van der Waals surface area (Å²) in [6.45, 7) is 9.88. The van der Waals surface area contributed by atoms with Gasteiger partial charge in [-0.2, -0.15) is 0 Å². The maximum atomic E-state index is 11.4. The highest BCUT2D eigenvalue weighted by molar-refractivity contribution is 5.68. The molecular formula is C15H22N2O2. The molecule has 4 nitrogen and oxygen atoms in total. The molecule has 0 spiro atoms. The Morgan fingerprint density at radius 3 is 2.42 bits per heavy atom. The minimum absolute atomic E-state index is 0.403. The van der Waals surface area contributed by atoms with Crippen LogP contribution in [0.5, 0.6) is 0 Å². The summed E-state index contributed by atoms with van der Waals surface area (Å²) in [7, 11) is 0. The van der Waals surface area contributed by atoms with Crippen LogP contribution < -0.4 is 5.32 Å². The highest BCUT2D eigenvalue weighted by Crippen LogP contribution is 2.07. The van der Waals surface area contributed by atoms with Crippen LogP contribution in [-0.4, -0.2) is 23.2 Å². The third-order valence-corrected chi connectivity index (χ3v) is 2.18. The molecule has 104 valence electrons. The smallest absolute Gasteiger partial charge is 0.407 e. The second-order valence-electron chi connectivity index (χ2n) is 5.47. The lowest BCUT2D eigenvalue weighted by atomic mass is 10.2. The summed E-state index contributed by atoms with van der Waals surface area (Å²) in [4.78, 5) is 15.7. The predicted molar refractivity (Wildman–Crippen MR) is 77.0 cm³/mol. The van der Waals surface area contributed by atoms with Gasteiger partial charge in [0.05, 0.1) is 0 Å². The number of aryl methyl sites for hydroxylation is 2. The summed E-state index contributed by atoms with van der Waals surface area (Å²) in [5, 5.41) is 2.68. The van der Waals surface area contributed by atoms with Crippen molar-refractivity contribution in [3.05, 3.63) is 35.2 Å². The van der Waals surface area contributed by atoms with E-state index in [0.717, 1.165) is 17.0 Å². The van der Waals surface area contributed by atoms with Gasteiger partial charge < -0.3 is 10.1 Å². The number of carbonyl (C=O) groups is 1. The Labute approximate surface area is 114 Å². The number of rotatable bonds is 3. The van der Waals surface area contributed by atoms with E-state index in [4.69, 9.17) is 4.74 Å². The van der Waals surface area contributed by atoms with Crippen LogP contribution in [0.25, 0.3) is 6.08 Å². The minimum Gasteiger partial charge on any atom is -0.444 e. The molecule has 0 radical (unpaired) electrons. The van der Waals surface area contributed by atoms with Crippen molar-refractivity contribution in [1.82, 2.24) is 10.3 Å². The van der Waals surface area contributed by atoms with E-state index >= 15 is 0 Å². The number of nitrogens with zero attached hydrogens (tertiary/aromatic N) is 1. The largest absolute Gasteiger partial charge is 0.444 e. The molecule has 0 bridgehead atoms. The lowest BCUT2D eigenvalue weighted by Gasteiger charge is -2.19. The van der Waals surface area contributed by atoms with Crippen LogP contribution in [0.4, 0.5) is 4.79 Å². The van der Waals surface area contributed by atoms with E-state index in [2.05, 4.69) is 10.3 Å². The molecule has 0 aromatic carbocycles. The Hall–Kier alpha value is -1.84. The number of alkyl carbamates (subject to hydrolysis) is 1. The van der Waals surface area contributed by atoms with Crippen LogP contribution in [0.15, 0.2) is 18.2 Å². The van der Waals surface area contributed by atoms with Crippen LogP contribution in [-0.2, 0) is 4.74 Å². The Balaban J connectivity index is 2.44. The molecule has 0 saturated heterocycles. The van der Waals surface area contributed by atoms with E-state index in [1.165, 1.54) is 0 Å². The van der Waals surface area contributed by atoms with E-state index in [-0.39, 0.29) is 0 Å². The van der Waals surface area contributed by atoms with Gasteiger partial charge in [0.1, 0.15) is 5.60 Å². The molecule has 0 aliphatic carbocycles. The normalized spacial score (nSPS) is 11.6. The molecule has 1 rings (SSSR count). The standard InChI is InChI=1S/C15H22N2O2/c1-11-9-13(10-12(2)17-11)7-6-8-16-14(18)19-15(3,4)5/h6-7,9-10H,8H2,1-5H3,(H,16,18). The summed E-state index contributed by atoms with van der Waals surface area (Å²) in [5.41, 5.74) is 2.59. The van der Waals surface area contributed by atoms with Crippen molar-refractivity contribution < 1.29 is 9.53 Å². The predicted octanol–water partition coefficient (Wildman–Crippen LogP) is 3.24. The van der Waals surface area contributed by atoms with Crippen LogP contribution >= 0.6 is 0 Å². The Morgan fingerprint density at radius 1 is 1.32 bits per heavy atom. The van der Waals surface area contributed by atoms with Crippen molar-refractivity contribution in [2.45, 2.75) is 40.2 Å². The maximum absolute atomic E-state index is 11.4. The van der Waals surface area contributed by atoms with E-state index in [1.807, 2.05) is 58.9 Å². The van der Waals surface area contributed by atoms with E-state index in [1.54, 1.807) is 0 Å². The molecule has 1 aromatic rings. The quantitative estimate of drug-likeness (QED) is 0.909. The molecule has 0 aliphatic heterocycles. The summed E-state index contributed by atoms with van der Waals surface area (Å²) in [6.07, 6.45) is 3.44. The van der Waals surface area contributed by atoms with E-state index in [9.17, 15) is 4.79 Å². The molecule has 1 N–H and O–H groups in total. The Kier molecular flexibility index (Phi) is 5.10. The number of amides is 1. The van der Waals surface area contributed by atoms with Gasteiger partial charge >= 0.3 is 6.09 Å². The first kappa shape index (κ1) is 15.2. The van der Waals surface area contributed by atoms with Gasteiger partial charge in [0.2, 0.25) is 0 Å². The number of ether oxygens (including phenoxy) is 1. The van der Waals surface area contributed by atoms with Gasteiger partial charge in [0.25, 0.3) is 0 Å². The number of hydrogen-bond acceptors (Lipinski definition) is 3. The third kappa shape index (κ3) is 6.60. The zero-order chi connectivity index (χ0) is 14.5. The molecule has 0 unspecified atom stereocenters. The van der Waals surface area contributed by atoms with Gasteiger partial charge in [0, 0.05) is 17.9 Å². The monoisotopic (exact) mass is 262 g/mol. The van der Waals surface area contributed by atoms with Crippen LogP contribution in [0.3, 0.4) is 0 Å². The van der Waals surface area contributed by atoms with Crippen molar-refractivity contribution in [3.8, 4) is 0 Å². The number of aromatic nitrogens is 1. The Bertz CT molecular complexity index is 453. The average Bonchev–Trinajstić information content (AvgIpc) is 2.20. The minimum atomic E-state index is -0.465. The summed E-state index contributed by atoms with van der Waals surface area (Å²) < 4.78 is 5.13. The van der Waals surface area contributed by atoms with E-state index < -0.39 is 11.7 Å². The topological polar surface area (TPSA) is 51.2 Å². The molecule has 1 aromatic heterocycles. The molecule has 1 amide bonds. The first-order valence-electron chi connectivity index (χ1n) is 6.35. The first-order valence-corrected chi connectivity index (χ1v) is 6.35. The fourth-order valence-corrected chi connectivity index (χ4v) is 1.61. The molecular weight excluding hydrogens is 240 g/mol. The fraction of sp³-hybridized carbons (Fsp3) is 0.467. The van der Waals surface area contributed by atoms with Crippen molar-refractivity contribution >= 4 is 12.2 Å². The van der Waals surface area contributed by atoms with Crippen molar-refractivity contribution in [3.63, 3.8) is 0 Å². The highest BCUT2D eigenvalue weighted by Gasteiger charge is 2.14. The summed E-state index contributed by atoms with van der Waals surface area (Å²) in [5.74, 6) is 0. The van der Waals surface area contributed by atoms with Gasteiger partial charge in [-0.25, -0.2) is 4.79 Å². The van der Waals surface area contributed by atoms with Crippen LogP contribution in [0.2, 0.25) is 0 Å². The number of pyridine rings is 1. The van der Waals surface area contributed by atoms with E-state index in [0.29, 0.717) is 6.54 Å². The average molecular weight is 262 g/mol. The second kappa shape index (κ2) is 6.36. The zero-order valence-electron chi connectivity index (χ0n) is 12.3. The van der Waals surface area contributed by atoms with Crippen LogP contribution in [0.1, 0.15) is 37.7 Å². The van der Waals surface area contributed by atoms with Gasteiger partial charge in [-0.1, -0.05) is 12.2 Å². The fourth-order valence-electron chi connectivity index (χ4n) is 1.61. The SMILES string of the molecule is Cc1cc(C=CCNC(=O)OC(C)(C)C)cc(C)n1. The van der Waals surface area contributed by atoms with Gasteiger partial charge in [0.15, 0.2) is 0 Å². The van der Waals surface area contributed by atoms with Crippen molar-refractivity contribution in [2.24, 2.45) is 0 Å². The number of hydrogen-bond donors (Lipinski definition) is 1. The number of carbonyl (C=O) groups excluding carboxylic acids is 1. The van der Waals surface area contributed by atoms with Gasteiger partial charge in [-0.05, 0) is 52.3 Å². The second-order valence-corrected chi connectivity index (χ2v) is 5.47. The molecule has 0 aliphatic rings. The van der Waals surface area contributed by atoms with Crippen LogP contribution in [0, 0.1) is 13.8 Å². The lowest BCUT2D eigenvalue weighted by Crippen LogP contribution is -2.32. The molecule has 4 heteroatoms. The molecule has 0 saturated carbocycles. The van der Waals surface area contributed by atoms with Gasteiger partial charge in [-0.15, -0.1) is 0 Å². The molecule has 0 fully saturated rings. The van der Waals surface area contributed by atoms with Crippen molar-refractivity contribution in [1.29, 1.82) is 0 Å². The maximum Gasteiger partial charge on any atom is 0.407 e. The molecule has 0 atom stereocenters. The first-order chi connectivity index (χ1) is 8.76. The summed E-state index contributed by atoms with van der Waals surface area (Å²) in [6, 6.07) is 3.99. The molecule has 19 heavy (non-hydrogen) atoms. The Morgan fingerprint density at radius 2 is 1.89 bits per heavy atom. The van der Waals surface area contributed by atoms with Crippen molar-refractivity contribution in [2.75, 3.05) is 6.54 Å². The van der Waals surface area contributed by atoms with Gasteiger partial charge in [-0.3, -0.25) is 4.98 Å². The highest BCUT2D eigenvalue weighted by atomic mass is 16.6.